The first-order chi connectivity index (χ1) is 20.9. The van der Waals surface area contributed by atoms with Crippen LogP contribution in [0.2, 0.25) is 0 Å². The summed E-state index contributed by atoms with van der Waals surface area (Å²) in [6, 6.07) is 11.6. The molecule has 6 rings (SSSR count). The first-order valence-corrected chi connectivity index (χ1v) is 14.2. The van der Waals surface area contributed by atoms with E-state index in [1.54, 1.807) is 42.7 Å². The number of anilines is 1. The number of unbranched alkanes of at least 4 members (excludes halogenated alkanes) is 3. The Morgan fingerprint density at radius 3 is 2.67 bits per heavy atom. The van der Waals surface area contributed by atoms with Crippen molar-refractivity contribution in [2.45, 2.75) is 51.1 Å². The number of benzene rings is 2. The Bertz CT molecular complexity index is 1810. The molecule has 2 aliphatic rings. The lowest BCUT2D eigenvalue weighted by atomic mass is 10.0. The molecule has 0 saturated carbocycles. The van der Waals surface area contributed by atoms with Crippen LogP contribution in [-0.2, 0) is 16.1 Å². The maximum atomic E-state index is 13.0. The van der Waals surface area contributed by atoms with E-state index in [-0.39, 0.29) is 24.0 Å². The van der Waals surface area contributed by atoms with Gasteiger partial charge in [0.1, 0.15) is 17.6 Å². The van der Waals surface area contributed by atoms with Gasteiger partial charge >= 0.3 is 0 Å². The molecule has 0 radical (unpaired) electrons. The molecule has 12 nitrogen and oxygen atoms in total. The summed E-state index contributed by atoms with van der Waals surface area (Å²) in [5.41, 5.74) is 4.53. The van der Waals surface area contributed by atoms with Crippen LogP contribution in [0.3, 0.4) is 0 Å². The highest BCUT2D eigenvalue weighted by atomic mass is 16.2. The Morgan fingerprint density at radius 2 is 1.84 bits per heavy atom. The van der Waals surface area contributed by atoms with Crippen molar-refractivity contribution < 1.29 is 19.2 Å². The third-order valence-electron chi connectivity index (χ3n) is 7.71. The molecule has 0 bridgehead atoms. The van der Waals surface area contributed by atoms with Crippen LogP contribution < -0.4 is 10.6 Å². The summed E-state index contributed by atoms with van der Waals surface area (Å²) in [6.45, 7) is 1.47. The molecule has 4 amide bonds. The summed E-state index contributed by atoms with van der Waals surface area (Å²) in [6.07, 6.45) is 9.49. The van der Waals surface area contributed by atoms with Gasteiger partial charge in [-0.05, 0) is 49.6 Å². The number of imide groups is 2. The molecule has 1 atom stereocenters. The summed E-state index contributed by atoms with van der Waals surface area (Å²) in [5, 5.41) is 19.3. The zero-order chi connectivity index (χ0) is 29.9. The molecule has 1 unspecified atom stereocenters. The fraction of sp³-hybridized carbons (Fsp3) is 0.290. The summed E-state index contributed by atoms with van der Waals surface area (Å²) in [5.74, 6) is -2.04. The third kappa shape index (κ3) is 5.57. The van der Waals surface area contributed by atoms with Crippen LogP contribution in [-0.4, -0.2) is 60.9 Å². The molecule has 0 spiro atoms. The topological polar surface area (TPSA) is 163 Å². The number of amides is 4. The highest BCUT2D eigenvalue weighted by molar-refractivity contribution is 6.23. The quantitative estimate of drug-likeness (QED) is 0.213. The van der Waals surface area contributed by atoms with Gasteiger partial charge in [0.2, 0.25) is 11.8 Å². The van der Waals surface area contributed by atoms with Crippen LogP contribution in [0, 0.1) is 11.3 Å². The van der Waals surface area contributed by atoms with Gasteiger partial charge in [-0.1, -0.05) is 18.9 Å². The number of hydrogen-bond donors (Lipinski definition) is 2. The Labute approximate surface area is 246 Å². The number of carbonyl (C=O) groups is 4. The molecular weight excluding hydrogens is 548 g/mol. The first-order valence-electron chi connectivity index (χ1n) is 14.2. The number of nitrogens with zero attached hydrogens (tertiary/aromatic N) is 6. The van der Waals surface area contributed by atoms with Crippen LogP contribution >= 0.6 is 0 Å². The number of rotatable bonds is 10. The predicted octanol–water partition coefficient (Wildman–Crippen LogP) is 3.44. The minimum atomic E-state index is -0.972. The van der Waals surface area contributed by atoms with Crippen molar-refractivity contribution in [3.05, 3.63) is 71.7 Å². The van der Waals surface area contributed by atoms with E-state index in [0.29, 0.717) is 28.8 Å². The van der Waals surface area contributed by atoms with Gasteiger partial charge in [-0.25, -0.2) is 4.98 Å². The fourth-order valence-electron chi connectivity index (χ4n) is 5.45. The summed E-state index contributed by atoms with van der Waals surface area (Å²) >= 11 is 0. The van der Waals surface area contributed by atoms with Gasteiger partial charge in [-0.2, -0.15) is 10.4 Å². The van der Waals surface area contributed by atoms with Crippen LogP contribution in [0.5, 0.6) is 0 Å². The maximum absolute atomic E-state index is 13.0. The molecule has 216 valence electrons. The Hall–Kier alpha value is -5.44. The Balaban J connectivity index is 0.954. The number of carbonyl (C=O) groups excluding carboxylic acids is 4. The van der Waals surface area contributed by atoms with Gasteiger partial charge in [-0.15, -0.1) is 0 Å². The van der Waals surface area contributed by atoms with Crippen LogP contribution in [0.25, 0.3) is 22.3 Å². The highest BCUT2D eigenvalue weighted by Gasteiger charge is 2.44. The van der Waals surface area contributed by atoms with E-state index in [4.69, 9.17) is 0 Å². The summed E-state index contributed by atoms with van der Waals surface area (Å²) in [7, 11) is 0. The second kappa shape index (κ2) is 11.8. The van der Waals surface area contributed by atoms with Gasteiger partial charge < -0.3 is 5.32 Å². The number of para-hydroxylation sites is 1. The molecule has 12 heteroatoms. The molecule has 0 aliphatic carbocycles. The number of aryl methyl sites for hydroxylation is 1. The number of nitrogens with one attached hydrogen (secondary N) is 2. The molecule has 1 fully saturated rings. The maximum Gasteiger partial charge on any atom is 0.262 e. The van der Waals surface area contributed by atoms with Crippen molar-refractivity contribution in [2.75, 3.05) is 11.9 Å². The van der Waals surface area contributed by atoms with Crippen LogP contribution in [0.1, 0.15) is 64.8 Å². The smallest absolute Gasteiger partial charge is 0.262 e. The minimum absolute atomic E-state index is 0.0883. The molecular formula is C31H28N8O4. The fourth-order valence-corrected chi connectivity index (χ4v) is 5.45. The van der Waals surface area contributed by atoms with Gasteiger partial charge in [0, 0.05) is 37.0 Å². The number of aromatic nitrogens is 4. The molecule has 2 aliphatic heterocycles. The lowest BCUT2D eigenvalue weighted by Crippen LogP contribution is -2.54. The zero-order valence-corrected chi connectivity index (χ0v) is 23.2. The number of nitriles is 1. The molecule has 2 aromatic heterocycles. The molecule has 4 aromatic rings. The first kappa shape index (κ1) is 27.7. The second-order valence-electron chi connectivity index (χ2n) is 10.6. The van der Waals surface area contributed by atoms with E-state index >= 15 is 0 Å². The van der Waals surface area contributed by atoms with Gasteiger partial charge in [0.05, 0.1) is 40.3 Å². The average Bonchev–Trinajstić information content (AvgIpc) is 3.58. The van der Waals surface area contributed by atoms with Crippen molar-refractivity contribution in [3.63, 3.8) is 0 Å². The van der Waals surface area contributed by atoms with E-state index < -0.39 is 29.7 Å². The Kier molecular flexibility index (Phi) is 7.61. The summed E-state index contributed by atoms with van der Waals surface area (Å²) < 4.78 is 1.89. The van der Waals surface area contributed by atoms with Crippen molar-refractivity contribution in [3.8, 4) is 17.3 Å². The van der Waals surface area contributed by atoms with Crippen LogP contribution in [0.4, 0.5) is 5.69 Å². The van der Waals surface area contributed by atoms with Crippen molar-refractivity contribution in [1.82, 2.24) is 30.0 Å². The van der Waals surface area contributed by atoms with Crippen molar-refractivity contribution in [2.24, 2.45) is 0 Å². The molecule has 1 saturated heterocycles. The lowest BCUT2D eigenvalue weighted by Gasteiger charge is -2.27. The van der Waals surface area contributed by atoms with E-state index in [2.05, 4.69) is 31.8 Å². The number of hydrogen-bond acceptors (Lipinski definition) is 9. The van der Waals surface area contributed by atoms with E-state index in [0.717, 1.165) is 48.4 Å². The van der Waals surface area contributed by atoms with Gasteiger partial charge in [-0.3, -0.25) is 39.1 Å². The Morgan fingerprint density at radius 1 is 1.00 bits per heavy atom. The molecule has 43 heavy (non-hydrogen) atoms. The molecule has 4 heterocycles. The highest BCUT2D eigenvalue weighted by Crippen LogP contribution is 2.29. The number of piperidine rings is 1. The van der Waals surface area contributed by atoms with Gasteiger partial charge in [0.25, 0.3) is 11.8 Å². The van der Waals surface area contributed by atoms with E-state index in [1.807, 2.05) is 16.9 Å². The average molecular weight is 577 g/mol. The zero-order valence-electron chi connectivity index (χ0n) is 23.2. The second-order valence-corrected chi connectivity index (χ2v) is 10.6. The lowest BCUT2D eigenvalue weighted by molar-refractivity contribution is -0.136. The standard InChI is InChI=1S/C31H28N8O4/c32-15-19-6-5-7-24-28(19)36-25(17-34-24)20-16-35-38(18-20)13-4-2-1-3-12-33-21-8-9-22-23(14-21)31(43)39(30(22)42)26-10-11-27(40)37-29(26)41/h5-9,14,16-18,26,33H,1-4,10-13H2,(H,37,40,41). The van der Waals surface area contributed by atoms with E-state index in [1.165, 1.54) is 0 Å². The van der Waals surface area contributed by atoms with Crippen molar-refractivity contribution >= 4 is 40.3 Å². The van der Waals surface area contributed by atoms with E-state index in [9.17, 15) is 24.4 Å². The largest absolute Gasteiger partial charge is 0.385 e. The normalized spacial score (nSPS) is 16.3. The van der Waals surface area contributed by atoms with Crippen LogP contribution in [0.15, 0.2) is 55.0 Å². The molecule has 2 N–H and O–H groups in total. The number of fused-ring (bicyclic) bond motifs is 2. The van der Waals surface area contributed by atoms with Gasteiger partial charge in [0.15, 0.2) is 0 Å². The predicted molar refractivity (Wildman–Crippen MR) is 156 cm³/mol. The summed E-state index contributed by atoms with van der Waals surface area (Å²) in [4.78, 5) is 59.6. The minimum Gasteiger partial charge on any atom is -0.385 e. The monoisotopic (exact) mass is 576 g/mol. The molecule has 2 aromatic carbocycles. The van der Waals surface area contributed by atoms with Crippen molar-refractivity contribution in [1.29, 1.82) is 5.26 Å². The third-order valence-corrected chi connectivity index (χ3v) is 7.71. The SMILES string of the molecule is N#Cc1cccc2ncc(-c3cnn(CCCCCCNc4ccc5c(c4)C(=O)N(C4CCC(=O)NC4=O)C5=O)c3)nc12.